The number of nitrogens with zero attached hydrogens (tertiary/aromatic N) is 1. The van der Waals surface area contributed by atoms with E-state index < -0.39 is 5.72 Å². The zero-order valence-corrected chi connectivity index (χ0v) is 11.9. The second kappa shape index (κ2) is 3.55. The van der Waals surface area contributed by atoms with Crippen molar-refractivity contribution in [3.8, 4) is 0 Å². The van der Waals surface area contributed by atoms with E-state index in [1.54, 1.807) is 0 Å². The molecule has 4 nitrogen and oxygen atoms in total. The van der Waals surface area contributed by atoms with Crippen LogP contribution in [-0.4, -0.2) is 23.5 Å². The van der Waals surface area contributed by atoms with Crippen molar-refractivity contribution in [1.29, 1.82) is 0 Å². The fourth-order valence-corrected chi connectivity index (χ4v) is 5.45. The van der Waals surface area contributed by atoms with Crippen LogP contribution in [0.2, 0.25) is 0 Å². The molecule has 2 aliphatic heterocycles. The number of fused-ring (bicyclic) bond motifs is 2. The first-order valence-electron chi connectivity index (χ1n) is 7.79. The number of benzene rings is 1. The van der Waals surface area contributed by atoms with Crippen LogP contribution in [0, 0.1) is 23.7 Å². The highest BCUT2D eigenvalue weighted by Crippen LogP contribution is 2.67. The van der Waals surface area contributed by atoms with Gasteiger partial charge in [0.05, 0.1) is 5.92 Å². The molecule has 4 fully saturated rings. The van der Waals surface area contributed by atoms with Crippen molar-refractivity contribution in [3.05, 3.63) is 30.3 Å². The summed E-state index contributed by atoms with van der Waals surface area (Å²) >= 11 is 0. The van der Waals surface area contributed by atoms with Crippen LogP contribution >= 0.6 is 0 Å². The summed E-state index contributed by atoms with van der Waals surface area (Å²) in [6.45, 7) is 2.06. The SMILES string of the molecule is CCC12OC3C(=O)C4CC3C1C4C(=O)N2c1ccccc1. The van der Waals surface area contributed by atoms with E-state index in [2.05, 4.69) is 6.92 Å². The fourth-order valence-electron chi connectivity index (χ4n) is 5.45. The molecule has 4 aliphatic rings. The van der Waals surface area contributed by atoms with Gasteiger partial charge in [-0.05, 0) is 25.0 Å². The summed E-state index contributed by atoms with van der Waals surface area (Å²) < 4.78 is 6.27. The third-order valence-electron chi connectivity index (χ3n) is 6.10. The first-order valence-corrected chi connectivity index (χ1v) is 7.79. The number of ether oxygens (including phenoxy) is 1. The Kier molecular flexibility index (Phi) is 2.02. The predicted octanol–water partition coefficient (Wildman–Crippen LogP) is 1.99. The first-order chi connectivity index (χ1) is 10.2. The molecule has 2 saturated heterocycles. The van der Waals surface area contributed by atoms with Crippen molar-refractivity contribution in [2.24, 2.45) is 23.7 Å². The lowest BCUT2D eigenvalue weighted by molar-refractivity contribution is -0.142. The lowest BCUT2D eigenvalue weighted by Crippen LogP contribution is -2.50. The summed E-state index contributed by atoms with van der Waals surface area (Å²) in [5.74, 6) is 0.471. The monoisotopic (exact) mass is 283 g/mol. The fraction of sp³-hybridized carbons (Fsp3) is 0.529. The maximum Gasteiger partial charge on any atom is 0.233 e. The lowest BCUT2D eigenvalue weighted by atomic mass is 9.77. The van der Waals surface area contributed by atoms with Crippen molar-refractivity contribution < 1.29 is 14.3 Å². The van der Waals surface area contributed by atoms with Crippen LogP contribution in [0.1, 0.15) is 19.8 Å². The number of rotatable bonds is 2. The molecule has 6 unspecified atom stereocenters. The van der Waals surface area contributed by atoms with Gasteiger partial charge in [-0.3, -0.25) is 14.5 Å². The molecule has 2 bridgehead atoms. The normalized spacial score (nSPS) is 46.0. The maximum absolute atomic E-state index is 13.0. The minimum atomic E-state index is -0.598. The van der Waals surface area contributed by atoms with Crippen LogP contribution < -0.4 is 4.90 Å². The molecular formula is C17H17NO3. The zero-order chi connectivity index (χ0) is 14.4. The largest absolute Gasteiger partial charge is 0.344 e. The van der Waals surface area contributed by atoms with Crippen LogP contribution in [0.4, 0.5) is 5.69 Å². The molecule has 108 valence electrons. The van der Waals surface area contributed by atoms with Crippen molar-refractivity contribution in [3.63, 3.8) is 0 Å². The molecular weight excluding hydrogens is 266 g/mol. The average molecular weight is 283 g/mol. The summed E-state index contributed by atoms with van der Waals surface area (Å²) in [6, 6.07) is 9.75. The zero-order valence-electron chi connectivity index (χ0n) is 11.9. The van der Waals surface area contributed by atoms with Gasteiger partial charge in [-0.25, -0.2) is 0 Å². The van der Waals surface area contributed by atoms with Crippen LogP contribution in [-0.2, 0) is 14.3 Å². The number of Topliss-reactive ketones (excluding diaryl/α,β-unsaturated/α-hetero) is 1. The molecule has 1 amide bonds. The Bertz CT molecular complexity index is 657. The molecule has 0 aromatic heterocycles. The Balaban J connectivity index is 1.71. The molecule has 0 radical (unpaired) electrons. The summed E-state index contributed by atoms with van der Waals surface area (Å²) in [5, 5.41) is 0. The minimum Gasteiger partial charge on any atom is -0.344 e. The highest BCUT2D eigenvalue weighted by Gasteiger charge is 2.78. The topological polar surface area (TPSA) is 46.6 Å². The molecule has 2 saturated carbocycles. The average Bonchev–Trinajstić information content (AvgIpc) is 3.16. The Labute approximate surface area is 123 Å². The van der Waals surface area contributed by atoms with Gasteiger partial charge >= 0.3 is 0 Å². The maximum atomic E-state index is 13.0. The van der Waals surface area contributed by atoms with Crippen LogP contribution in [0.5, 0.6) is 0 Å². The van der Waals surface area contributed by atoms with E-state index >= 15 is 0 Å². The summed E-state index contributed by atoms with van der Waals surface area (Å²) in [7, 11) is 0. The lowest BCUT2D eigenvalue weighted by Gasteiger charge is -2.37. The van der Waals surface area contributed by atoms with E-state index in [1.807, 2.05) is 35.2 Å². The van der Waals surface area contributed by atoms with Gasteiger partial charge in [0.15, 0.2) is 11.5 Å². The van der Waals surface area contributed by atoms with E-state index in [1.165, 1.54) is 0 Å². The standard InChI is InChI=1S/C17H17NO3/c1-2-17-13-11-8-10(14(19)15(11)21-17)12(13)16(20)18(17)9-6-4-3-5-7-9/h3-7,10-13,15H,2,8H2,1H3. The summed E-state index contributed by atoms with van der Waals surface area (Å²) in [5.41, 5.74) is 0.297. The van der Waals surface area contributed by atoms with Crippen molar-refractivity contribution in [2.45, 2.75) is 31.6 Å². The van der Waals surface area contributed by atoms with Gasteiger partial charge in [0.25, 0.3) is 0 Å². The Hall–Kier alpha value is -1.68. The van der Waals surface area contributed by atoms with E-state index in [0.717, 1.165) is 18.5 Å². The third-order valence-corrected chi connectivity index (χ3v) is 6.10. The first kappa shape index (κ1) is 11.9. The third kappa shape index (κ3) is 1.11. The van der Waals surface area contributed by atoms with E-state index in [9.17, 15) is 9.59 Å². The van der Waals surface area contributed by atoms with Gasteiger partial charge in [-0.2, -0.15) is 0 Å². The number of hydrogen-bond donors (Lipinski definition) is 0. The minimum absolute atomic E-state index is 0.0899. The number of carbonyl (C=O) groups is 2. The molecule has 0 N–H and O–H groups in total. The van der Waals surface area contributed by atoms with Crippen molar-refractivity contribution in [2.75, 3.05) is 4.90 Å². The Morgan fingerprint density at radius 1 is 1.29 bits per heavy atom. The van der Waals surface area contributed by atoms with Gasteiger partial charge < -0.3 is 4.74 Å². The highest BCUT2D eigenvalue weighted by molar-refractivity contribution is 6.06. The van der Waals surface area contributed by atoms with Gasteiger partial charge in [-0.1, -0.05) is 25.1 Å². The number of hydrogen-bond acceptors (Lipinski definition) is 3. The van der Waals surface area contributed by atoms with Gasteiger partial charge in [0.1, 0.15) is 6.10 Å². The molecule has 1 aromatic rings. The summed E-state index contributed by atoms with van der Waals surface area (Å²) in [4.78, 5) is 27.2. The van der Waals surface area contributed by atoms with E-state index in [0.29, 0.717) is 0 Å². The van der Waals surface area contributed by atoms with Gasteiger partial charge in [0.2, 0.25) is 5.91 Å². The smallest absolute Gasteiger partial charge is 0.233 e. The van der Waals surface area contributed by atoms with E-state index in [4.69, 9.17) is 4.74 Å². The van der Waals surface area contributed by atoms with Gasteiger partial charge in [-0.15, -0.1) is 0 Å². The molecule has 21 heavy (non-hydrogen) atoms. The molecule has 0 spiro atoms. The molecule has 1 aromatic carbocycles. The number of amides is 1. The van der Waals surface area contributed by atoms with Crippen LogP contribution in [0.25, 0.3) is 0 Å². The second-order valence-electron chi connectivity index (χ2n) is 6.71. The summed E-state index contributed by atoms with van der Waals surface area (Å²) in [6.07, 6.45) is 1.33. The van der Waals surface area contributed by atoms with Crippen LogP contribution in [0.3, 0.4) is 0 Å². The Morgan fingerprint density at radius 3 is 2.76 bits per heavy atom. The van der Waals surface area contributed by atoms with Crippen molar-refractivity contribution >= 4 is 17.4 Å². The predicted molar refractivity (Wildman–Crippen MR) is 75.4 cm³/mol. The van der Waals surface area contributed by atoms with Crippen molar-refractivity contribution in [1.82, 2.24) is 0 Å². The quantitative estimate of drug-likeness (QED) is 0.834. The van der Waals surface area contributed by atoms with Crippen LogP contribution in [0.15, 0.2) is 30.3 Å². The molecule has 2 aliphatic carbocycles. The molecule has 4 heteroatoms. The molecule has 2 heterocycles. The molecule has 5 rings (SSSR count). The second-order valence-corrected chi connectivity index (χ2v) is 6.71. The number of para-hydroxylation sites is 1. The number of carbonyl (C=O) groups excluding carboxylic acids is 2. The van der Waals surface area contributed by atoms with Gasteiger partial charge in [0, 0.05) is 23.4 Å². The Morgan fingerprint density at radius 2 is 2.05 bits per heavy atom. The van der Waals surface area contributed by atoms with E-state index in [-0.39, 0.29) is 41.5 Å². The number of anilines is 1. The highest BCUT2D eigenvalue weighted by atomic mass is 16.5. The molecule has 6 atom stereocenters. The number of ketones is 1.